The molecule has 0 radical (unpaired) electrons. The Hall–Kier alpha value is -2.15. The van der Waals surface area contributed by atoms with Crippen molar-refractivity contribution in [2.75, 3.05) is 18.0 Å². The molecule has 1 spiro atoms. The van der Waals surface area contributed by atoms with Crippen LogP contribution in [-0.4, -0.2) is 41.8 Å². The van der Waals surface area contributed by atoms with Gasteiger partial charge in [-0.05, 0) is 13.3 Å². The van der Waals surface area contributed by atoms with Gasteiger partial charge in [0.15, 0.2) is 5.82 Å². The Morgan fingerprint density at radius 2 is 2.38 bits per heavy atom. The molecule has 0 saturated carbocycles. The van der Waals surface area contributed by atoms with Crippen molar-refractivity contribution < 1.29 is 18.8 Å². The quantitative estimate of drug-likeness (QED) is 0.647. The Morgan fingerprint density at radius 1 is 1.54 bits per heavy atom. The van der Waals surface area contributed by atoms with Gasteiger partial charge in [0.1, 0.15) is 11.4 Å². The number of fused-ring (bicyclic) bond motifs is 1. The van der Waals surface area contributed by atoms with Crippen LogP contribution in [0.3, 0.4) is 0 Å². The molecule has 4 atom stereocenters. The molecule has 3 aliphatic rings. The van der Waals surface area contributed by atoms with E-state index in [1.54, 1.807) is 17.9 Å². The van der Waals surface area contributed by atoms with Gasteiger partial charge in [-0.15, -0.1) is 0 Å². The molecule has 7 heteroatoms. The number of hydrogen-bond donors (Lipinski definition) is 1. The zero-order valence-corrected chi connectivity index (χ0v) is 13.8. The second kappa shape index (κ2) is 5.44. The molecule has 2 fully saturated rings. The second-order valence-corrected chi connectivity index (χ2v) is 6.76. The van der Waals surface area contributed by atoms with Crippen LogP contribution < -0.4 is 10.2 Å². The summed E-state index contributed by atoms with van der Waals surface area (Å²) in [4.78, 5) is 27.2. The summed E-state index contributed by atoms with van der Waals surface area (Å²) in [6.07, 6.45) is 5.46. The smallest absolute Gasteiger partial charge is 0.235 e. The highest BCUT2D eigenvalue weighted by atomic mass is 16.5. The Balaban J connectivity index is 1.59. The largest absolute Gasteiger partial charge is 0.360 e. The zero-order chi connectivity index (χ0) is 16.9. The van der Waals surface area contributed by atoms with Crippen molar-refractivity contribution in [3.8, 4) is 0 Å². The number of nitrogens with zero attached hydrogens (tertiary/aromatic N) is 2. The molecule has 0 unspecified atom stereocenters. The highest BCUT2D eigenvalue weighted by Gasteiger charge is 2.67. The molecule has 2 bridgehead atoms. The van der Waals surface area contributed by atoms with Gasteiger partial charge in [0.25, 0.3) is 0 Å². The normalized spacial score (nSPS) is 33.3. The van der Waals surface area contributed by atoms with Crippen LogP contribution in [0.4, 0.5) is 5.82 Å². The first-order valence-electron chi connectivity index (χ1n) is 8.45. The van der Waals surface area contributed by atoms with Crippen molar-refractivity contribution >= 4 is 17.6 Å². The van der Waals surface area contributed by atoms with Gasteiger partial charge in [0, 0.05) is 12.6 Å². The molecule has 3 aliphatic heterocycles. The Morgan fingerprint density at radius 3 is 3.08 bits per heavy atom. The van der Waals surface area contributed by atoms with E-state index in [2.05, 4.69) is 17.4 Å². The SMILES string of the molecule is CCCCNC(=O)[C@@H]1[C@@H]2C=C[C@]3(CN(c4cc(C)on4)C(=O)[C@H]13)O2. The summed E-state index contributed by atoms with van der Waals surface area (Å²) in [7, 11) is 0. The van der Waals surface area contributed by atoms with E-state index < -0.39 is 17.4 Å². The number of carbonyl (C=O) groups is 2. The van der Waals surface area contributed by atoms with Gasteiger partial charge in [-0.3, -0.25) is 14.5 Å². The number of amides is 2. The van der Waals surface area contributed by atoms with Gasteiger partial charge >= 0.3 is 0 Å². The van der Waals surface area contributed by atoms with Crippen LogP contribution in [0.15, 0.2) is 22.7 Å². The minimum atomic E-state index is -0.721. The molecule has 128 valence electrons. The molecule has 4 rings (SSSR count). The first kappa shape index (κ1) is 15.4. The van der Waals surface area contributed by atoms with Gasteiger partial charge in [0.2, 0.25) is 11.8 Å². The van der Waals surface area contributed by atoms with Crippen LogP contribution in [0.25, 0.3) is 0 Å². The maximum atomic E-state index is 13.0. The molecule has 24 heavy (non-hydrogen) atoms. The molecule has 0 aliphatic carbocycles. The minimum absolute atomic E-state index is 0.101. The predicted molar refractivity (Wildman–Crippen MR) is 85.2 cm³/mol. The lowest BCUT2D eigenvalue weighted by atomic mass is 9.77. The van der Waals surface area contributed by atoms with Gasteiger partial charge < -0.3 is 14.6 Å². The van der Waals surface area contributed by atoms with Gasteiger partial charge in [-0.2, -0.15) is 0 Å². The van der Waals surface area contributed by atoms with Gasteiger partial charge in [0.05, 0.1) is 24.5 Å². The zero-order valence-electron chi connectivity index (χ0n) is 13.8. The van der Waals surface area contributed by atoms with Gasteiger partial charge in [-0.25, -0.2) is 0 Å². The maximum absolute atomic E-state index is 13.0. The minimum Gasteiger partial charge on any atom is -0.360 e. The van der Waals surface area contributed by atoms with Crippen molar-refractivity contribution in [2.45, 2.75) is 38.4 Å². The summed E-state index contributed by atoms with van der Waals surface area (Å²) >= 11 is 0. The predicted octanol–water partition coefficient (Wildman–Crippen LogP) is 1.19. The molecular weight excluding hydrogens is 310 g/mol. The van der Waals surface area contributed by atoms with Crippen molar-refractivity contribution in [2.24, 2.45) is 11.8 Å². The van der Waals surface area contributed by atoms with Crippen LogP contribution >= 0.6 is 0 Å². The molecule has 7 nitrogen and oxygen atoms in total. The summed E-state index contributed by atoms with van der Waals surface area (Å²) in [6, 6.07) is 1.72. The summed E-state index contributed by atoms with van der Waals surface area (Å²) in [6.45, 7) is 4.85. The highest BCUT2D eigenvalue weighted by molar-refractivity contribution is 6.02. The average Bonchev–Trinajstić information content (AvgIpc) is 3.28. The number of ether oxygens (including phenoxy) is 1. The fourth-order valence-electron chi connectivity index (χ4n) is 3.98. The Labute approximate surface area is 140 Å². The number of nitrogens with one attached hydrogen (secondary N) is 1. The van der Waals surface area contributed by atoms with Crippen LogP contribution in [0.1, 0.15) is 25.5 Å². The highest BCUT2D eigenvalue weighted by Crippen LogP contribution is 2.52. The van der Waals surface area contributed by atoms with Crippen LogP contribution in [0.2, 0.25) is 0 Å². The van der Waals surface area contributed by atoms with E-state index in [0.717, 1.165) is 12.8 Å². The van der Waals surface area contributed by atoms with Gasteiger partial charge in [-0.1, -0.05) is 30.7 Å². The van der Waals surface area contributed by atoms with E-state index in [0.29, 0.717) is 24.7 Å². The van der Waals surface area contributed by atoms with E-state index >= 15 is 0 Å². The Kier molecular flexibility index (Phi) is 3.49. The van der Waals surface area contributed by atoms with Crippen LogP contribution in [0, 0.1) is 18.8 Å². The molecule has 2 saturated heterocycles. The standard InChI is InChI=1S/C17H21N3O4/c1-3-4-7-18-15(21)13-11-5-6-17(23-11)9-20(16(22)14(13)17)12-8-10(2)24-19-12/h5-6,8,11,13-14H,3-4,7,9H2,1-2H3,(H,18,21)/t11-,13+,14-,17+/m0/s1. The van der Waals surface area contributed by atoms with Crippen LogP contribution in [0.5, 0.6) is 0 Å². The first-order chi connectivity index (χ1) is 11.6. The van der Waals surface area contributed by atoms with Crippen molar-refractivity contribution in [1.29, 1.82) is 0 Å². The molecule has 0 aromatic carbocycles. The third kappa shape index (κ3) is 2.11. The number of aromatic nitrogens is 1. The Bertz CT molecular complexity index is 712. The second-order valence-electron chi connectivity index (χ2n) is 6.76. The number of hydrogen-bond acceptors (Lipinski definition) is 5. The number of aryl methyl sites for hydroxylation is 1. The van der Waals surface area contributed by atoms with E-state index in [4.69, 9.17) is 9.26 Å². The number of unbranched alkanes of at least 4 members (excludes halogenated alkanes) is 1. The van der Waals surface area contributed by atoms with Crippen molar-refractivity contribution in [1.82, 2.24) is 10.5 Å². The molecule has 1 aromatic rings. The summed E-state index contributed by atoms with van der Waals surface area (Å²) < 4.78 is 11.1. The van der Waals surface area contributed by atoms with E-state index in [1.165, 1.54) is 0 Å². The third-order valence-electron chi connectivity index (χ3n) is 5.12. The molecule has 1 N–H and O–H groups in total. The van der Waals surface area contributed by atoms with E-state index in [1.807, 2.05) is 12.2 Å². The van der Waals surface area contributed by atoms with Crippen LogP contribution in [-0.2, 0) is 14.3 Å². The summed E-state index contributed by atoms with van der Waals surface area (Å²) in [5.74, 6) is -0.0701. The maximum Gasteiger partial charge on any atom is 0.235 e. The van der Waals surface area contributed by atoms with E-state index in [-0.39, 0.29) is 17.9 Å². The average molecular weight is 331 g/mol. The number of rotatable bonds is 5. The summed E-state index contributed by atoms with van der Waals surface area (Å²) in [5, 5.41) is 6.88. The molecular formula is C17H21N3O4. The van der Waals surface area contributed by atoms with E-state index in [9.17, 15) is 9.59 Å². The number of carbonyl (C=O) groups excluding carboxylic acids is 2. The lowest BCUT2D eigenvalue weighted by Gasteiger charge is -2.23. The molecule has 2 amide bonds. The lowest BCUT2D eigenvalue weighted by Crippen LogP contribution is -2.44. The molecule has 1 aromatic heterocycles. The fourth-order valence-corrected chi connectivity index (χ4v) is 3.98. The van der Waals surface area contributed by atoms with Crippen molar-refractivity contribution in [3.63, 3.8) is 0 Å². The lowest BCUT2D eigenvalue weighted by molar-refractivity contribution is -0.131. The third-order valence-corrected chi connectivity index (χ3v) is 5.12. The molecule has 4 heterocycles. The van der Waals surface area contributed by atoms with Crippen molar-refractivity contribution in [3.05, 3.63) is 24.0 Å². The number of anilines is 1. The fraction of sp³-hybridized carbons (Fsp3) is 0.588. The summed E-state index contributed by atoms with van der Waals surface area (Å²) in [5.41, 5.74) is -0.721. The monoisotopic (exact) mass is 331 g/mol. The first-order valence-corrected chi connectivity index (χ1v) is 8.45. The topological polar surface area (TPSA) is 84.7 Å².